The standard InChI is InChI=1S/C17H25N5O2/c1-12-9-16-18-10-15(13(2)22(16)20-12)17(23)19-14-5-4-6-21(11-14)7-8-24-3/h9-10,14H,4-8,11H2,1-3H3,(H,19,23)/t14-/m1/s1. The van der Waals surface area contributed by atoms with Crippen molar-refractivity contribution in [1.29, 1.82) is 0 Å². The summed E-state index contributed by atoms with van der Waals surface area (Å²) in [5.74, 6) is -0.0753. The average Bonchev–Trinajstić information content (AvgIpc) is 2.95. The van der Waals surface area contributed by atoms with E-state index in [1.807, 2.05) is 19.9 Å². The van der Waals surface area contributed by atoms with Crippen molar-refractivity contribution in [1.82, 2.24) is 24.8 Å². The quantitative estimate of drug-likeness (QED) is 0.891. The topological polar surface area (TPSA) is 71.8 Å². The molecule has 7 nitrogen and oxygen atoms in total. The minimum absolute atomic E-state index is 0.0753. The van der Waals surface area contributed by atoms with Crippen LogP contribution in [0.3, 0.4) is 0 Å². The molecule has 7 heteroatoms. The van der Waals surface area contributed by atoms with Gasteiger partial charge in [-0.15, -0.1) is 0 Å². The Hall–Kier alpha value is -1.99. The monoisotopic (exact) mass is 331 g/mol. The summed E-state index contributed by atoms with van der Waals surface area (Å²) in [5, 5.41) is 7.55. The molecule has 0 bridgehead atoms. The van der Waals surface area contributed by atoms with Crippen LogP contribution in [0.25, 0.3) is 5.65 Å². The van der Waals surface area contributed by atoms with Gasteiger partial charge in [-0.2, -0.15) is 5.10 Å². The normalized spacial score (nSPS) is 18.9. The Morgan fingerprint density at radius 1 is 1.46 bits per heavy atom. The van der Waals surface area contributed by atoms with Crippen LogP contribution in [0, 0.1) is 13.8 Å². The van der Waals surface area contributed by atoms with Crippen LogP contribution in [-0.2, 0) is 4.74 Å². The summed E-state index contributed by atoms with van der Waals surface area (Å²) in [6.07, 6.45) is 3.74. The molecule has 0 aromatic carbocycles. The van der Waals surface area contributed by atoms with Crippen LogP contribution < -0.4 is 5.32 Å². The number of likely N-dealkylation sites (tertiary alicyclic amines) is 1. The molecule has 0 aliphatic carbocycles. The van der Waals surface area contributed by atoms with Gasteiger partial charge in [0, 0.05) is 38.5 Å². The minimum Gasteiger partial charge on any atom is -0.383 e. The Morgan fingerprint density at radius 2 is 2.29 bits per heavy atom. The highest BCUT2D eigenvalue weighted by Gasteiger charge is 2.23. The molecule has 1 N–H and O–H groups in total. The molecule has 2 aromatic rings. The molecule has 0 radical (unpaired) electrons. The highest BCUT2D eigenvalue weighted by atomic mass is 16.5. The fourth-order valence-corrected chi connectivity index (χ4v) is 3.25. The minimum atomic E-state index is -0.0753. The second-order valence-electron chi connectivity index (χ2n) is 6.42. The number of hydrogen-bond acceptors (Lipinski definition) is 5. The molecular weight excluding hydrogens is 306 g/mol. The summed E-state index contributed by atoms with van der Waals surface area (Å²) in [6, 6.07) is 2.07. The van der Waals surface area contributed by atoms with Gasteiger partial charge in [-0.1, -0.05) is 0 Å². The number of piperidine rings is 1. The summed E-state index contributed by atoms with van der Waals surface area (Å²) in [4.78, 5) is 19.4. The van der Waals surface area contributed by atoms with Crippen molar-refractivity contribution in [2.45, 2.75) is 32.7 Å². The first kappa shape index (κ1) is 16.9. The van der Waals surface area contributed by atoms with Gasteiger partial charge in [0.15, 0.2) is 5.65 Å². The van der Waals surface area contributed by atoms with Gasteiger partial charge in [-0.05, 0) is 33.2 Å². The summed E-state index contributed by atoms with van der Waals surface area (Å²) < 4.78 is 6.87. The Bertz CT molecular complexity index is 727. The van der Waals surface area contributed by atoms with Crippen LogP contribution in [-0.4, -0.2) is 64.8 Å². The molecule has 3 heterocycles. The van der Waals surface area contributed by atoms with Crippen molar-refractivity contribution in [2.24, 2.45) is 0 Å². The molecule has 1 amide bonds. The second kappa shape index (κ2) is 7.27. The first-order valence-electron chi connectivity index (χ1n) is 8.42. The Balaban J connectivity index is 1.69. The highest BCUT2D eigenvalue weighted by Crippen LogP contribution is 2.14. The van der Waals surface area contributed by atoms with Gasteiger partial charge < -0.3 is 10.1 Å². The molecule has 130 valence electrons. The zero-order valence-electron chi connectivity index (χ0n) is 14.6. The lowest BCUT2D eigenvalue weighted by Crippen LogP contribution is -2.48. The van der Waals surface area contributed by atoms with E-state index in [0.717, 1.165) is 56.1 Å². The van der Waals surface area contributed by atoms with Crippen molar-refractivity contribution in [3.05, 3.63) is 29.2 Å². The van der Waals surface area contributed by atoms with Gasteiger partial charge in [0.1, 0.15) is 0 Å². The smallest absolute Gasteiger partial charge is 0.254 e. The number of hydrogen-bond donors (Lipinski definition) is 1. The predicted octanol–water partition coefficient (Wildman–Crippen LogP) is 1.19. The van der Waals surface area contributed by atoms with E-state index < -0.39 is 0 Å². The Kier molecular flexibility index (Phi) is 5.11. The molecule has 3 rings (SSSR count). The summed E-state index contributed by atoms with van der Waals surface area (Å²) in [7, 11) is 1.71. The van der Waals surface area contributed by atoms with Gasteiger partial charge in [0.25, 0.3) is 5.91 Å². The summed E-state index contributed by atoms with van der Waals surface area (Å²) >= 11 is 0. The first-order valence-corrected chi connectivity index (χ1v) is 8.42. The van der Waals surface area contributed by atoms with Gasteiger partial charge in [0.2, 0.25) is 0 Å². The van der Waals surface area contributed by atoms with Crippen LogP contribution in [0.15, 0.2) is 12.3 Å². The molecule has 1 aliphatic rings. The van der Waals surface area contributed by atoms with Crippen molar-refractivity contribution >= 4 is 11.6 Å². The van der Waals surface area contributed by atoms with E-state index in [1.165, 1.54) is 0 Å². The average molecular weight is 331 g/mol. The Morgan fingerprint density at radius 3 is 3.08 bits per heavy atom. The second-order valence-corrected chi connectivity index (χ2v) is 6.42. The van der Waals surface area contributed by atoms with E-state index >= 15 is 0 Å². The van der Waals surface area contributed by atoms with E-state index in [4.69, 9.17) is 4.74 Å². The molecule has 0 spiro atoms. The van der Waals surface area contributed by atoms with Crippen LogP contribution >= 0.6 is 0 Å². The van der Waals surface area contributed by atoms with E-state index in [-0.39, 0.29) is 11.9 Å². The fourth-order valence-electron chi connectivity index (χ4n) is 3.25. The van der Waals surface area contributed by atoms with Gasteiger partial charge in [-0.3, -0.25) is 9.69 Å². The van der Waals surface area contributed by atoms with Crippen LogP contribution in [0.4, 0.5) is 0 Å². The predicted molar refractivity (Wildman–Crippen MR) is 91.3 cm³/mol. The fraction of sp³-hybridized carbons (Fsp3) is 0.588. The summed E-state index contributed by atoms with van der Waals surface area (Å²) in [6.45, 7) is 7.38. The third kappa shape index (κ3) is 3.57. The van der Waals surface area contributed by atoms with E-state index in [1.54, 1.807) is 17.8 Å². The summed E-state index contributed by atoms with van der Waals surface area (Å²) in [5.41, 5.74) is 3.06. The Labute approximate surface area is 142 Å². The zero-order chi connectivity index (χ0) is 17.1. The number of aromatic nitrogens is 3. The zero-order valence-corrected chi connectivity index (χ0v) is 14.6. The third-order valence-electron chi connectivity index (χ3n) is 4.54. The maximum atomic E-state index is 12.7. The number of ether oxygens (including phenoxy) is 1. The number of carbonyl (C=O) groups excluding carboxylic acids is 1. The number of nitrogens with one attached hydrogen (secondary N) is 1. The molecule has 1 aliphatic heterocycles. The molecule has 0 unspecified atom stereocenters. The van der Waals surface area contributed by atoms with Gasteiger partial charge in [0.05, 0.1) is 23.6 Å². The van der Waals surface area contributed by atoms with Crippen molar-refractivity contribution < 1.29 is 9.53 Å². The van der Waals surface area contributed by atoms with Crippen molar-refractivity contribution in [3.8, 4) is 0 Å². The number of methoxy groups -OCH3 is 1. The molecular formula is C17H25N5O2. The number of fused-ring (bicyclic) bond motifs is 1. The lowest BCUT2D eigenvalue weighted by molar-refractivity contribution is 0.0877. The lowest BCUT2D eigenvalue weighted by Gasteiger charge is -2.33. The molecule has 1 atom stereocenters. The van der Waals surface area contributed by atoms with E-state index in [2.05, 4.69) is 20.3 Å². The lowest BCUT2D eigenvalue weighted by atomic mass is 10.1. The van der Waals surface area contributed by atoms with Crippen molar-refractivity contribution in [3.63, 3.8) is 0 Å². The number of amides is 1. The number of carbonyl (C=O) groups is 1. The maximum absolute atomic E-state index is 12.7. The molecule has 2 aromatic heterocycles. The maximum Gasteiger partial charge on any atom is 0.254 e. The van der Waals surface area contributed by atoms with Crippen LogP contribution in [0.5, 0.6) is 0 Å². The van der Waals surface area contributed by atoms with Crippen molar-refractivity contribution in [2.75, 3.05) is 33.4 Å². The van der Waals surface area contributed by atoms with Gasteiger partial charge in [-0.25, -0.2) is 9.50 Å². The van der Waals surface area contributed by atoms with Crippen LogP contribution in [0.2, 0.25) is 0 Å². The molecule has 1 fully saturated rings. The van der Waals surface area contributed by atoms with E-state index in [0.29, 0.717) is 5.56 Å². The third-order valence-corrected chi connectivity index (χ3v) is 4.54. The largest absolute Gasteiger partial charge is 0.383 e. The number of aryl methyl sites for hydroxylation is 2. The van der Waals surface area contributed by atoms with E-state index in [9.17, 15) is 4.79 Å². The van der Waals surface area contributed by atoms with Crippen LogP contribution in [0.1, 0.15) is 34.6 Å². The number of nitrogens with zero attached hydrogens (tertiary/aromatic N) is 4. The highest BCUT2D eigenvalue weighted by molar-refractivity contribution is 5.95. The molecule has 24 heavy (non-hydrogen) atoms. The first-order chi connectivity index (χ1) is 11.6. The SMILES string of the molecule is COCCN1CCC[C@@H](NC(=O)c2cnc3cc(C)nn3c2C)C1. The van der Waals surface area contributed by atoms with Gasteiger partial charge >= 0.3 is 0 Å². The molecule has 1 saturated heterocycles. The molecule has 0 saturated carbocycles. The number of rotatable bonds is 5.